The smallest absolute Gasteiger partial charge is 0.255 e. The summed E-state index contributed by atoms with van der Waals surface area (Å²) in [5, 5.41) is 7.65. The number of ether oxygens (including phenoxy) is 2. The fourth-order valence-electron chi connectivity index (χ4n) is 1.96. The Morgan fingerprint density at radius 1 is 1.12 bits per heavy atom. The first kappa shape index (κ1) is 18.1. The molecule has 0 saturated carbocycles. The minimum Gasteiger partial charge on any atom is -0.497 e. The summed E-state index contributed by atoms with van der Waals surface area (Å²) in [4.78, 5) is 12.0. The van der Waals surface area contributed by atoms with Crippen molar-refractivity contribution in [1.82, 2.24) is 0 Å². The fourth-order valence-corrected chi connectivity index (χ4v) is 3.03. The number of rotatable bonds is 5. The zero-order chi connectivity index (χ0) is 17.9. The number of anilines is 1. The Morgan fingerprint density at radius 3 is 2.42 bits per heavy atom. The maximum atomic E-state index is 12.4. The molecule has 0 unspecified atom stereocenters. The van der Waals surface area contributed by atoms with Crippen LogP contribution >= 0.6 is 11.6 Å². The second kappa shape index (κ2) is 7.08. The first-order valence-corrected chi connectivity index (χ1v) is 8.54. The lowest BCUT2D eigenvalue weighted by atomic mass is 10.2. The Balaban J connectivity index is 2.34. The van der Waals surface area contributed by atoms with E-state index in [0.717, 1.165) is 6.07 Å². The normalized spacial score (nSPS) is 11.0. The van der Waals surface area contributed by atoms with Crippen molar-refractivity contribution < 1.29 is 22.7 Å². The Labute approximate surface area is 144 Å². The largest absolute Gasteiger partial charge is 0.497 e. The van der Waals surface area contributed by atoms with Crippen molar-refractivity contribution in [3.8, 4) is 11.5 Å². The minimum absolute atomic E-state index is 0.0592. The van der Waals surface area contributed by atoms with Gasteiger partial charge in [0, 0.05) is 11.6 Å². The number of carbonyl (C=O) groups excluding carboxylic acids is 1. The molecule has 2 rings (SSSR count). The van der Waals surface area contributed by atoms with Gasteiger partial charge in [-0.15, -0.1) is 0 Å². The van der Waals surface area contributed by atoms with E-state index in [9.17, 15) is 13.2 Å². The van der Waals surface area contributed by atoms with E-state index in [4.69, 9.17) is 26.2 Å². The van der Waals surface area contributed by atoms with Gasteiger partial charge in [-0.05, 0) is 30.3 Å². The van der Waals surface area contributed by atoms with E-state index in [1.54, 1.807) is 18.2 Å². The highest BCUT2D eigenvalue weighted by Gasteiger charge is 2.17. The van der Waals surface area contributed by atoms with E-state index in [1.807, 2.05) is 0 Å². The van der Waals surface area contributed by atoms with Gasteiger partial charge in [-0.25, -0.2) is 13.6 Å². The Bertz CT molecular complexity index is 883. The third-order valence-corrected chi connectivity index (χ3v) is 4.55. The molecule has 0 atom stereocenters. The molecule has 0 radical (unpaired) electrons. The topological polar surface area (TPSA) is 108 Å². The van der Waals surface area contributed by atoms with E-state index in [1.165, 1.54) is 26.4 Å². The second-order valence-corrected chi connectivity index (χ2v) is 6.65. The maximum Gasteiger partial charge on any atom is 0.255 e. The molecule has 0 saturated heterocycles. The van der Waals surface area contributed by atoms with Gasteiger partial charge < -0.3 is 14.8 Å². The van der Waals surface area contributed by atoms with Crippen LogP contribution in [0.3, 0.4) is 0 Å². The Kier molecular flexibility index (Phi) is 5.33. The molecule has 128 valence electrons. The van der Waals surface area contributed by atoms with E-state index < -0.39 is 15.9 Å². The number of halogens is 1. The number of amides is 1. The lowest BCUT2D eigenvalue weighted by molar-refractivity contribution is 0.102. The van der Waals surface area contributed by atoms with Crippen LogP contribution in [0.4, 0.5) is 5.69 Å². The van der Waals surface area contributed by atoms with Crippen molar-refractivity contribution in [2.75, 3.05) is 19.5 Å². The maximum absolute atomic E-state index is 12.4. The summed E-state index contributed by atoms with van der Waals surface area (Å²) in [7, 11) is -1.08. The van der Waals surface area contributed by atoms with Gasteiger partial charge in [0.25, 0.3) is 5.91 Å². The average Bonchev–Trinajstić information content (AvgIpc) is 2.54. The summed E-state index contributed by atoms with van der Waals surface area (Å²) >= 11 is 5.80. The summed E-state index contributed by atoms with van der Waals surface area (Å²) in [6, 6.07) is 8.65. The highest BCUT2D eigenvalue weighted by molar-refractivity contribution is 7.89. The van der Waals surface area contributed by atoms with E-state index in [2.05, 4.69) is 5.32 Å². The zero-order valence-electron chi connectivity index (χ0n) is 12.9. The molecular weight excluding hydrogens is 356 g/mol. The van der Waals surface area contributed by atoms with Gasteiger partial charge >= 0.3 is 0 Å². The standard InChI is InChI=1S/C15H15ClN2O5S/c1-22-10-4-6-12(13(8-10)23-2)18-15(19)9-3-5-11(16)14(7-9)24(17,20)21/h3-8H,1-2H3,(H,18,19)(H2,17,20,21). The summed E-state index contributed by atoms with van der Waals surface area (Å²) < 4.78 is 33.2. The molecule has 0 aliphatic carbocycles. The summed E-state index contributed by atoms with van der Waals surface area (Å²) in [5.74, 6) is 0.413. The minimum atomic E-state index is -4.04. The molecule has 0 fully saturated rings. The quantitative estimate of drug-likeness (QED) is 0.839. The number of primary sulfonamides is 1. The third-order valence-electron chi connectivity index (χ3n) is 3.16. The zero-order valence-corrected chi connectivity index (χ0v) is 14.4. The molecule has 24 heavy (non-hydrogen) atoms. The number of hydrogen-bond donors (Lipinski definition) is 2. The van der Waals surface area contributed by atoms with Crippen molar-refractivity contribution in [2.24, 2.45) is 5.14 Å². The van der Waals surface area contributed by atoms with E-state index in [-0.39, 0.29) is 15.5 Å². The molecule has 0 spiro atoms. The highest BCUT2D eigenvalue weighted by Crippen LogP contribution is 2.30. The van der Waals surface area contributed by atoms with Crippen molar-refractivity contribution in [3.05, 3.63) is 47.0 Å². The van der Waals surface area contributed by atoms with Crippen molar-refractivity contribution in [2.45, 2.75) is 4.90 Å². The van der Waals surface area contributed by atoms with Crippen LogP contribution in [-0.2, 0) is 10.0 Å². The van der Waals surface area contributed by atoms with Gasteiger partial charge in [-0.2, -0.15) is 0 Å². The predicted molar refractivity (Wildman–Crippen MR) is 90.3 cm³/mol. The molecule has 0 aliphatic rings. The number of benzene rings is 2. The van der Waals surface area contributed by atoms with Crippen molar-refractivity contribution >= 4 is 33.2 Å². The van der Waals surface area contributed by atoms with Gasteiger partial charge in [-0.1, -0.05) is 11.6 Å². The fraction of sp³-hybridized carbons (Fsp3) is 0.133. The van der Waals surface area contributed by atoms with Crippen LogP contribution in [0.1, 0.15) is 10.4 Å². The molecule has 0 bridgehead atoms. The van der Waals surface area contributed by atoms with Crippen molar-refractivity contribution in [1.29, 1.82) is 0 Å². The van der Waals surface area contributed by atoms with Crippen LogP contribution in [0, 0.1) is 0 Å². The van der Waals surface area contributed by atoms with E-state index in [0.29, 0.717) is 17.2 Å². The second-order valence-electron chi connectivity index (χ2n) is 4.71. The number of sulfonamides is 1. The lowest BCUT2D eigenvalue weighted by Crippen LogP contribution is -2.16. The average molecular weight is 371 g/mol. The van der Waals surface area contributed by atoms with Gasteiger partial charge in [0.1, 0.15) is 16.4 Å². The Hall–Kier alpha value is -2.29. The molecule has 7 nitrogen and oxygen atoms in total. The molecule has 0 aromatic heterocycles. The number of nitrogens with one attached hydrogen (secondary N) is 1. The monoisotopic (exact) mass is 370 g/mol. The predicted octanol–water partition coefficient (Wildman–Crippen LogP) is 2.26. The van der Waals surface area contributed by atoms with Gasteiger partial charge in [0.05, 0.1) is 24.9 Å². The molecule has 2 aromatic rings. The summed E-state index contributed by atoms with van der Waals surface area (Å²) in [6.45, 7) is 0. The number of nitrogens with two attached hydrogens (primary N) is 1. The van der Waals surface area contributed by atoms with Crippen LogP contribution in [0.5, 0.6) is 11.5 Å². The van der Waals surface area contributed by atoms with Crippen molar-refractivity contribution in [3.63, 3.8) is 0 Å². The molecule has 0 aliphatic heterocycles. The summed E-state index contributed by atoms with van der Waals surface area (Å²) in [5.41, 5.74) is 0.483. The molecular formula is C15H15ClN2O5S. The van der Waals surface area contributed by atoms with Crippen LogP contribution < -0.4 is 19.9 Å². The third kappa shape index (κ3) is 3.97. The molecule has 0 heterocycles. The van der Waals surface area contributed by atoms with Gasteiger partial charge in [0.15, 0.2) is 0 Å². The van der Waals surface area contributed by atoms with Crippen LogP contribution in [0.25, 0.3) is 0 Å². The molecule has 3 N–H and O–H groups in total. The first-order valence-electron chi connectivity index (χ1n) is 6.62. The number of hydrogen-bond acceptors (Lipinski definition) is 5. The van der Waals surface area contributed by atoms with Gasteiger partial charge in [-0.3, -0.25) is 4.79 Å². The first-order chi connectivity index (χ1) is 11.3. The highest BCUT2D eigenvalue weighted by atomic mass is 35.5. The molecule has 2 aromatic carbocycles. The van der Waals surface area contributed by atoms with Crippen LogP contribution in [-0.4, -0.2) is 28.5 Å². The number of carbonyl (C=O) groups is 1. The van der Waals surface area contributed by atoms with Gasteiger partial charge in [0.2, 0.25) is 10.0 Å². The summed E-state index contributed by atoms with van der Waals surface area (Å²) in [6.07, 6.45) is 0. The van der Waals surface area contributed by atoms with E-state index >= 15 is 0 Å². The molecule has 9 heteroatoms. The SMILES string of the molecule is COc1ccc(NC(=O)c2ccc(Cl)c(S(N)(=O)=O)c2)c(OC)c1. The Morgan fingerprint density at radius 2 is 1.83 bits per heavy atom. The molecule has 1 amide bonds. The lowest BCUT2D eigenvalue weighted by Gasteiger charge is -2.12. The van der Waals surface area contributed by atoms with Crippen LogP contribution in [0.2, 0.25) is 5.02 Å². The van der Waals surface area contributed by atoms with Crippen LogP contribution in [0.15, 0.2) is 41.3 Å². The number of methoxy groups -OCH3 is 2.